The summed E-state index contributed by atoms with van der Waals surface area (Å²) in [6.07, 6.45) is 4.02. The number of nitrogens with one attached hydrogen (secondary N) is 1. The lowest BCUT2D eigenvalue weighted by atomic mass is 9.82. The fourth-order valence-electron chi connectivity index (χ4n) is 3.27. The highest BCUT2D eigenvalue weighted by Crippen LogP contribution is 2.35. The molecule has 1 aromatic rings. The van der Waals surface area contributed by atoms with Crippen LogP contribution in [0.3, 0.4) is 0 Å². The van der Waals surface area contributed by atoms with E-state index in [0.717, 1.165) is 28.6 Å². The molecule has 1 fully saturated rings. The van der Waals surface area contributed by atoms with Crippen molar-refractivity contribution in [2.45, 2.75) is 65.6 Å². The molecule has 2 nitrogen and oxygen atoms in total. The maximum atomic E-state index is 6.40. The second kappa shape index (κ2) is 7.64. The molecule has 1 aliphatic rings. The van der Waals surface area contributed by atoms with Crippen LogP contribution < -0.4 is 10.1 Å². The van der Waals surface area contributed by atoms with E-state index in [1.54, 1.807) is 0 Å². The summed E-state index contributed by atoms with van der Waals surface area (Å²) < 4.78 is 7.47. The van der Waals surface area contributed by atoms with Gasteiger partial charge in [-0.2, -0.15) is 0 Å². The Morgan fingerprint density at radius 1 is 1.19 bits per heavy atom. The molecule has 0 amide bonds. The maximum Gasteiger partial charge on any atom is 0.138 e. The Bertz CT molecular complexity index is 451. The Labute approximate surface area is 137 Å². The number of hydrogen-bond acceptors (Lipinski definition) is 2. The molecule has 21 heavy (non-hydrogen) atoms. The van der Waals surface area contributed by atoms with Crippen LogP contribution in [0, 0.1) is 11.8 Å². The summed E-state index contributed by atoms with van der Waals surface area (Å²) in [5.41, 5.74) is 1.24. The SMILES string of the molecule is CC1CC(C)CC(Oc2c(Br)cccc2CNC(C)C)C1. The molecule has 1 saturated carbocycles. The van der Waals surface area contributed by atoms with Crippen molar-refractivity contribution in [1.29, 1.82) is 0 Å². The smallest absolute Gasteiger partial charge is 0.138 e. The highest BCUT2D eigenvalue weighted by atomic mass is 79.9. The van der Waals surface area contributed by atoms with Crippen LogP contribution in [-0.4, -0.2) is 12.1 Å². The zero-order chi connectivity index (χ0) is 15.4. The first-order chi connectivity index (χ1) is 9.95. The molecule has 3 heteroatoms. The predicted octanol–water partition coefficient (Wildman–Crippen LogP) is 5.15. The predicted molar refractivity (Wildman–Crippen MR) is 92.7 cm³/mol. The van der Waals surface area contributed by atoms with Gasteiger partial charge in [0.2, 0.25) is 0 Å². The van der Waals surface area contributed by atoms with Crippen LogP contribution in [0.2, 0.25) is 0 Å². The largest absolute Gasteiger partial charge is 0.489 e. The van der Waals surface area contributed by atoms with Crippen LogP contribution in [0.15, 0.2) is 22.7 Å². The molecule has 0 heterocycles. The molecule has 118 valence electrons. The van der Waals surface area contributed by atoms with E-state index in [9.17, 15) is 0 Å². The van der Waals surface area contributed by atoms with Crippen molar-refractivity contribution < 1.29 is 4.74 Å². The summed E-state index contributed by atoms with van der Waals surface area (Å²) in [5.74, 6) is 2.55. The van der Waals surface area contributed by atoms with Crippen molar-refractivity contribution in [3.05, 3.63) is 28.2 Å². The van der Waals surface area contributed by atoms with Crippen LogP contribution in [-0.2, 0) is 6.54 Å². The molecule has 2 unspecified atom stereocenters. The normalized spacial score (nSPS) is 26.1. The first-order valence-corrected chi connectivity index (χ1v) is 8.92. The number of benzene rings is 1. The summed E-state index contributed by atoms with van der Waals surface area (Å²) in [5, 5.41) is 3.48. The lowest BCUT2D eigenvalue weighted by Crippen LogP contribution is -2.29. The van der Waals surface area contributed by atoms with E-state index >= 15 is 0 Å². The van der Waals surface area contributed by atoms with Crippen LogP contribution in [0.5, 0.6) is 5.75 Å². The molecular formula is C18H28BrNO. The van der Waals surface area contributed by atoms with Gasteiger partial charge in [-0.3, -0.25) is 0 Å². The Balaban J connectivity index is 2.10. The number of ether oxygens (including phenoxy) is 1. The Morgan fingerprint density at radius 3 is 2.48 bits per heavy atom. The van der Waals surface area contributed by atoms with Gasteiger partial charge in [-0.1, -0.05) is 39.8 Å². The molecule has 0 radical (unpaired) electrons. The van der Waals surface area contributed by atoms with Crippen molar-refractivity contribution >= 4 is 15.9 Å². The van der Waals surface area contributed by atoms with Crippen molar-refractivity contribution in [2.75, 3.05) is 0 Å². The van der Waals surface area contributed by atoms with E-state index in [0.29, 0.717) is 12.1 Å². The Morgan fingerprint density at radius 2 is 1.86 bits per heavy atom. The molecule has 0 bridgehead atoms. The minimum atomic E-state index is 0.347. The average molecular weight is 354 g/mol. The Kier molecular flexibility index (Phi) is 6.12. The van der Waals surface area contributed by atoms with E-state index in [1.807, 2.05) is 0 Å². The third-order valence-electron chi connectivity index (χ3n) is 4.17. The van der Waals surface area contributed by atoms with Crippen LogP contribution in [0.4, 0.5) is 0 Å². The van der Waals surface area contributed by atoms with Crippen molar-refractivity contribution in [2.24, 2.45) is 11.8 Å². The summed E-state index contributed by atoms with van der Waals surface area (Å²) in [6, 6.07) is 6.79. The van der Waals surface area contributed by atoms with Gasteiger partial charge in [-0.05, 0) is 53.1 Å². The van der Waals surface area contributed by atoms with Crippen molar-refractivity contribution in [1.82, 2.24) is 5.32 Å². The van der Waals surface area contributed by atoms with E-state index in [-0.39, 0.29) is 0 Å². The summed E-state index contributed by atoms with van der Waals surface area (Å²) in [7, 11) is 0. The number of para-hydroxylation sites is 1. The molecule has 0 saturated heterocycles. The minimum absolute atomic E-state index is 0.347. The van der Waals surface area contributed by atoms with E-state index in [2.05, 4.69) is 67.1 Å². The third-order valence-corrected chi connectivity index (χ3v) is 4.79. The van der Waals surface area contributed by atoms with Crippen LogP contribution in [0.1, 0.15) is 52.5 Å². The summed E-state index contributed by atoms with van der Waals surface area (Å²) >= 11 is 3.66. The van der Waals surface area contributed by atoms with Gasteiger partial charge in [0.05, 0.1) is 10.6 Å². The highest BCUT2D eigenvalue weighted by Gasteiger charge is 2.26. The monoisotopic (exact) mass is 353 g/mol. The number of rotatable bonds is 5. The second-order valence-corrected chi connectivity index (χ2v) is 7.78. The van der Waals surface area contributed by atoms with E-state index in [1.165, 1.54) is 24.8 Å². The minimum Gasteiger partial charge on any atom is -0.489 e. The summed E-state index contributed by atoms with van der Waals surface area (Å²) in [4.78, 5) is 0. The van der Waals surface area contributed by atoms with Gasteiger partial charge in [0.25, 0.3) is 0 Å². The van der Waals surface area contributed by atoms with Gasteiger partial charge >= 0.3 is 0 Å². The fourth-order valence-corrected chi connectivity index (χ4v) is 3.78. The molecule has 2 atom stereocenters. The van der Waals surface area contributed by atoms with E-state index < -0.39 is 0 Å². The fraction of sp³-hybridized carbons (Fsp3) is 0.667. The maximum absolute atomic E-state index is 6.40. The van der Waals surface area contributed by atoms with Gasteiger partial charge in [-0.25, -0.2) is 0 Å². The van der Waals surface area contributed by atoms with E-state index in [4.69, 9.17) is 4.74 Å². The van der Waals surface area contributed by atoms with Gasteiger partial charge in [0.1, 0.15) is 5.75 Å². The third kappa shape index (κ3) is 5.00. The van der Waals surface area contributed by atoms with Gasteiger partial charge in [0.15, 0.2) is 0 Å². The highest BCUT2D eigenvalue weighted by molar-refractivity contribution is 9.10. The second-order valence-electron chi connectivity index (χ2n) is 6.92. The van der Waals surface area contributed by atoms with Gasteiger partial charge in [0, 0.05) is 18.2 Å². The molecular weight excluding hydrogens is 326 g/mol. The van der Waals surface area contributed by atoms with Gasteiger partial charge in [-0.15, -0.1) is 0 Å². The summed E-state index contributed by atoms with van der Waals surface area (Å²) in [6.45, 7) is 9.87. The van der Waals surface area contributed by atoms with Gasteiger partial charge < -0.3 is 10.1 Å². The topological polar surface area (TPSA) is 21.3 Å². The Hall–Kier alpha value is -0.540. The molecule has 1 N–H and O–H groups in total. The number of halogens is 1. The number of hydrogen-bond donors (Lipinski definition) is 1. The van der Waals surface area contributed by atoms with Crippen molar-refractivity contribution in [3.8, 4) is 5.75 Å². The zero-order valence-electron chi connectivity index (χ0n) is 13.7. The van der Waals surface area contributed by atoms with Crippen LogP contribution >= 0.6 is 15.9 Å². The molecule has 1 aliphatic carbocycles. The zero-order valence-corrected chi connectivity index (χ0v) is 15.2. The molecule has 0 spiro atoms. The lowest BCUT2D eigenvalue weighted by molar-refractivity contribution is 0.0992. The molecule has 0 aliphatic heterocycles. The molecule has 1 aromatic carbocycles. The lowest BCUT2D eigenvalue weighted by Gasteiger charge is -2.32. The molecule has 0 aromatic heterocycles. The standard InChI is InChI=1S/C18H28BrNO/c1-12(2)20-11-15-6-5-7-17(19)18(15)21-16-9-13(3)8-14(4)10-16/h5-7,12-14,16,20H,8-11H2,1-4H3. The first-order valence-electron chi connectivity index (χ1n) is 8.13. The first kappa shape index (κ1) is 16.8. The van der Waals surface area contributed by atoms with Crippen molar-refractivity contribution in [3.63, 3.8) is 0 Å². The van der Waals surface area contributed by atoms with Crippen LogP contribution in [0.25, 0.3) is 0 Å². The average Bonchev–Trinajstić information content (AvgIpc) is 2.38. The molecule has 2 rings (SSSR count). The quantitative estimate of drug-likeness (QED) is 0.789.